The Bertz CT molecular complexity index is 150. The molecule has 0 rings (SSSR count). The average molecular weight is 201 g/mol. The van der Waals surface area contributed by atoms with Crippen molar-refractivity contribution in [2.75, 3.05) is 32.7 Å². The van der Waals surface area contributed by atoms with E-state index in [0.717, 1.165) is 32.6 Å². The highest BCUT2D eigenvalue weighted by molar-refractivity contribution is 5.75. The van der Waals surface area contributed by atoms with E-state index in [9.17, 15) is 4.79 Å². The minimum Gasteiger partial charge on any atom is -0.356 e. The molecule has 0 aromatic rings. The summed E-state index contributed by atoms with van der Waals surface area (Å²) in [5, 5.41) is 2.79. The molecule has 0 unspecified atom stereocenters. The third-order valence-electron chi connectivity index (χ3n) is 2.15. The maximum Gasteiger partial charge on any atom is 0.221 e. The highest BCUT2D eigenvalue weighted by Crippen LogP contribution is 1.93. The Hall–Kier alpha value is -0.610. The fraction of sp³-hybridized carbons (Fsp3) is 0.900. The topological polar surface area (TPSA) is 58.4 Å². The molecule has 0 aromatic heterocycles. The summed E-state index contributed by atoms with van der Waals surface area (Å²) >= 11 is 0. The van der Waals surface area contributed by atoms with Crippen molar-refractivity contribution in [2.45, 2.75) is 26.7 Å². The van der Waals surface area contributed by atoms with Gasteiger partial charge in [0.25, 0.3) is 0 Å². The molecule has 0 heterocycles. The molecule has 1 amide bonds. The van der Waals surface area contributed by atoms with Gasteiger partial charge in [-0.2, -0.15) is 0 Å². The standard InChI is InChI=1S/C10H23N3O/c1-3-12-10(14)6-9-13(4-2)8-5-7-11/h3-9,11H2,1-2H3,(H,12,14). The van der Waals surface area contributed by atoms with Gasteiger partial charge >= 0.3 is 0 Å². The molecule has 0 saturated carbocycles. The molecule has 0 aromatic carbocycles. The zero-order valence-corrected chi connectivity index (χ0v) is 9.38. The second kappa shape index (κ2) is 8.97. The molecule has 0 aliphatic carbocycles. The van der Waals surface area contributed by atoms with Gasteiger partial charge in [0.05, 0.1) is 0 Å². The average Bonchev–Trinajstić information content (AvgIpc) is 2.19. The molecule has 3 N–H and O–H groups in total. The zero-order valence-electron chi connectivity index (χ0n) is 9.38. The molecule has 0 spiro atoms. The fourth-order valence-corrected chi connectivity index (χ4v) is 1.29. The zero-order chi connectivity index (χ0) is 10.8. The summed E-state index contributed by atoms with van der Waals surface area (Å²) in [7, 11) is 0. The number of hydrogen-bond acceptors (Lipinski definition) is 3. The summed E-state index contributed by atoms with van der Waals surface area (Å²) in [6, 6.07) is 0. The third kappa shape index (κ3) is 6.86. The maximum absolute atomic E-state index is 11.2. The van der Waals surface area contributed by atoms with Gasteiger partial charge in [-0.05, 0) is 33.0 Å². The second-order valence-electron chi connectivity index (χ2n) is 3.28. The van der Waals surface area contributed by atoms with Gasteiger partial charge in [-0.3, -0.25) is 4.79 Å². The van der Waals surface area contributed by atoms with E-state index in [1.54, 1.807) is 0 Å². The van der Waals surface area contributed by atoms with Crippen LogP contribution >= 0.6 is 0 Å². The van der Waals surface area contributed by atoms with Gasteiger partial charge in [0.2, 0.25) is 5.91 Å². The summed E-state index contributed by atoms with van der Waals surface area (Å²) in [5.74, 6) is 0.138. The Morgan fingerprint density at radius 3 is 2.57 bits per heavy atom. The quantitative estimate of drug-likeness (QED) is 0.589. The van der Waals surface area contributed by atoms with Crippen LogP contribution in [0.25, 0.3) is 0 Å². The number of hydrogen-bond donors (Lipinski definition) is 2. The summed E-state index contributed by atoms with van der Waals surface area (Å²) < 4.78 is 0. The van der Waals surface area contributed by atoms with Crippen LogP contribution in [-0.2, 0) is 4.79 Å². The van der Waals surface area contributed by atoms with Crippen LogP contribution in [0.5, 0.6) is 0 Å². The van der Waals surface area contributed by atoms with E-state index in [2.05, 4.69) is 17.1 Å². The molecule has 84 valence electrons. The molecule has 0 fully saturated rings. The smallest absolute Gasteiger partial charge is 0.221 e. The van der Waals surface area contributed by atoms with Crippen molar-refractivity contribution in [1.82, 2.24) is 10.2 Å². The second-order valence-corrected chi connectivity index (χ2v) is 3.28. The Morgan fingerprint density at radius 1 is 1.36 bits per heavy atom. The first-order valence-electron chi connectivity index (χ1n) is 5.43. The van der Waals surface area contributed by atoms with E-state index in [1.807, 2.05) is 6.92 Å². The highest BCUT2D eigenvalue weighted by atomic mass is 16.1. The first-order chi connectivity index (χ1) is 6.74. The van der Waals surface area contributed by atoms with Crippen LogP contribution in [0.15, 0.2) is 0 Å². The minimum absolute atomic E-state index is 0.138. The van der Waals surface area contributed by atoms with Crippen molar-refractivity contribution in [2.24, 2.45) is 5.73 Å². The lowest BCUT2D eigenvalue weighted by molar-refractivity contribution is -0.121. The molecule has 0 aliphatic heterocycles. The molecular weight excluding hydrogens is 178 g/mol. The predicted octanol–water partition coefficient (Wildman–Crippen LogP) is 0.183. The molecule has 14 heavy (non-hydrogen) atoms. The van der Waals surface area contributed by atoms with Crippen molar-refractivity contribution in [3.63, 3.8) is 0 Å². The number of amides is 1. The van der Waals surface area contributed by atoms with Crippen molar-refractivity contribution in [3.05, 3.63) is 0 Å². The van der Waals surface area contributed by atoms with Crippen LogP contribution in [-0.4, -0.2) is 43.5 Å². The van der Waals surface area contributed by atoms with Gasteiger partial charge < -0.3 is 16.0 Å². The van der Waals surface area contributed by atoms with Crippen LogP contribution in [0, 0.1) is 0 Å². The van der Waals surface area contributed by atoms with Gasteiger partial charge in [0.15, 0.2) is 0 Å². The van der Waals surface area contributed by atoms with Gasteiger partial charge in [-0.1, -0.05) is 6.92 Å². The third-order valence-corrected chi connectivity index (χ3v) is 2.15. The molecule has 4 nitrogen and oxygen atoms in total. The maximum atomic E-state index is 11.2. The summed E-state index contributed by atoms with van der Waals surface area (Å²) in [6.45, 7) is 8.29. The summed E-state index contributed by atoms with van der Waals surface area (Å²) in [5.41, 5.74) is 5.43. The largest absolute Gasteiger partial charge is 0.356 e. The van der Waals surface area contributed by atoms with E-state index < -0.39 is 0 Å². The Labute approximate surface area is 86.8 Å². The SMILES string of the molecule is CCNC(=O)CCN(CC)CCCN. The van der Waals surface area contributed by atoms with Gasteiger partial charge in [0.1, 0.15) is 0 Å². The van der Waals surface area contributed by atoms with Crippen LogP contribution in [0.4, 0.5) is 0 Å². The normalized spacial score (nSPS) is 10.6. The highest BCUT2D eigenvalue weighted by Gasteiger charge is 2.04. The first-order valence-corrected chi connectivity index (χ1v) is 5.43. The van der Waals surface area contributed by atoms with Crippen molar-refractivity contribution >= 4 is 5.91 Å². The summed E-state index contributed by atoms with van der Waals surface area (Å²) in [6.07, 6.45) is 1.59. The van der Waals surface area contributed by atoms with E-state index in [-0.39, 0.29) is 5.91 Å². The van der Waals surface area contributed by atoms with Crippen LogP contribution in [0.2, 0.25) is 0 Å². The summed E-state index contributed by atoms with van der Waals surface area (Å²) in [4.78, 5) is 13.4. The first kappa shape index (κ1) is 13.4. The van der Waals surface area contributed by atoms with Crippen LogP contribution < -0.4 is 11.1 Å². The van der Waals surface area contributed by atoms with E-state index in [4.69, 9.17) is 5.73 Å². The number of rotatable bonds is 8. The van der Waals surface area contributed by atoms with Crippen molar-refractivity contribution in [1.29, 1.82) is 0 Å². The van der Waals surface area contributed by atoms with Gasteiger partial charge in [-0.15, -0.1) is 0 Å². The predicted molar refractivity (Wildman–Crippen MR) is 59.1 cm³/mol. The van der Waals surface area contributed by atoms with Crippen molar-refractivity contribution in [3.8, 4) is 0 Å². The Morgan fingerprint density at radius 2 is 2.07 bits per heavy atom. The number of nitrogens with one attached hydrogen (secondary N) is 1. The monoisotopic (exact) mass is 201 g/mol. The molecule has 0 aliphatic rings. The van der Waals surface area contributed by atoms with E-state index >= 15 is 0 Å². The molecule has 4 heteroatoms. The number of carbonyl (C=O) groups is 1. The number of nitrogens with zero attached hydrogens (tertiary/aromatic N) is 1. The molecule has 0 saturated heterocycles. The minimum atomic E-state index is 0.138. The molecule has 0 atom stereocenters. The number of carbonyl (C=O) groups excluding carboxylic acids is 1. The van der Waals surface area contributed by atoms with Gasteiger partial charge in [0, 0.05) is 19.5 Å². The van der Waals surface area contributed by atoms with E-state index in [1.165, 1.54) is 0 Å². The van der Waals surface area contributed by atoms with E-state index in [0.29, 0.717) is 13.0 Å². The lowest BCUT2D eigenvalue weighted by Gasteiger charge is -2.19. The van der Waals surface area contributed by atoms with Gasteiger partial charge in [-0.25, -0.2) is 0 Å². The fourth-order valence-electron chi connectivity index (χ4n) is 1.29. The molecule has 0 radical (unpaired) electrons. The Kier molecular flexibility index (Phi) is 8.57. The Balaban J connectivity index is 3.55. The number of nitrogens with two attached hydrogens (primary N) is 1. The van der Waals surface area contributed by atoms with Crippen LogP contribution in [0.3, 0.4) is 0 Å². The lowest BCUT2D eigenvalue weighted by Crippen LogP contribution is -2.32. The molecular formula is C10H23N3O. The lowest BCUT2D eigenvalue weighted by atomic mass is 10.3. The molecule has 0 bridgehead atoms. The van der Waals surface area contributed by atoms with Crippen molar-refractivity contribution < 1.29 is 4.79 Å². The van der Waals surface area contributed by atoms with Crippen LogP contribution in [0.1, 0.15) is 26.7 Å².